The number of rotatable bonds is 2. The van der Waals surface area contributed by atoms with Gasteiger partial charge in [-0.2, -0.15) is 4.98 Å². The van der Waals surface area contributed by atoms with Crippen LogP contribution in [0.3, 0.4) is 0 Å². The van der Waals surface area contributed by atoms with E-state index in [1.54, 1.807) is 0 Å². The molecule has 0 fully saturated rings. The minimum atomic E-state index is 0.216. The smallest absolute Gasteiger partial charge is 0.245 e. The highest BCUT2D eigenvalue weighted by atomic mass is 16.5. The molecule has 0 aromatic carbocycles. The molecule has 6 heteroatoms. The SMILES string of the molecule is COc1ncnc2[nH]c(C=O)nc12. The molecule has 0 bridgehead atoms. The first-order chi connectivity index (χ1) is 6.35. The summed E-state index contributed by atoms with van der Waals surface area (Å²) in [6, 6.07) is 0. The van der Waals surface area contributed by atoms with Gasteiger partial charge >= 0.3 is 0 Å². The van der Waals surface area contributed by atoms with Crippen molar-refractivity contribution in [2.75, 3.05) is 7.11 Å². The van der Waals surface area contributed by atoms with Gasteiger partial charge < -0.3 is 9.72 Å². The number of nitrogens with zero attached hydrogens (tertiary/aromatic N) is 3. The van der Waals surface area contributed by atoms with Gasteiger partial charge in [0.1, 0.15) is 6.33 Å². The minimum absolute atomic E-state index is 0.216. The van der Waals surface area contributed by atoms with Crippen LogP contribution in [0.25, 0.3) is 11.2 Å². The van der Waals surface area contributed by atoms with Crippen molar-refractivity contribution in [2.45, 2.75) is 0 Å². The first-order valence-electron chi connectivity index (χ1n) is 3.55. The van der Waals surface area contributed by atoms with Crippen LogP contribution in [-0.4, -0.2) is 33.3 Å². The van der Waals surface area contributed by atoms with Gasteiger partial charge in [-0.3, -0.25) is 4.79 Å². The van der Waals surface area contributed by atoms with Crippen molar-refractivity contribution in [2.24, 2.45) is 0 Å². The summed E-state index contributed by atoms with van der Waals surface area (Å²) in [6.07, 6.45) is 1.95. The van der Waals surface area contributed by atoms with Gasteiger partial charge in [0.2, 0.25) is 5.88 Å². The molecule has 0 saturated heterocycles. The number of aldehydes is 1. The summed E-state index contributed by atoms with van der Waals surface area (Å²) in [5.74, 6) is 0.572. The third kappa shape index (κ3) is 1.12. The second kappa shape index (κ2) is 2.81. The fourth-order valence-electron chi connectivity index (χ4n) is 1.03. The van der Waals surface area contributed by atoms with Gasteiger partial charge in [0, 0.05) is 0 Å². The number of carbonyl (C=O) groups is 1. The number of fused-ring (bicyclic) bond motifs is 1. The average molecular weight is 178 g/mol. The number of carbonyl (C=O) groups excluding carboxylic acids is 1. The van der Waals surface area contributed by atoms with Crippen LogP contribution in [-0.2, 0) is 0 Å². The predicted octanol–water partition coefficient (Wildman–Crippen LogP) is 0.174. The number of aromatic nitrogens is 4. The number of nitrogens with one attached hydrogen (secondary N) is 1. The van der Waals surface area contributed by atoms with Gasteiger partial charge in [-0.25, -0.2) is 9.97 Å². The molecule has 0 atom stereocenters. The molecule has 6 nitrogen and oxygen atoms in total. The van der Waals surface area contributed by atoms with Crippen LogP contribution in [0.5, 0.6) is 5.88 Å². The Morgan fingerprint density at radius 3 is 3.08 bits per heavy atom. The van der Waals surface area contributed by atoms with Gasteiger partial charge in [-0.05, 0) is 0 Å². The summed E-state index contributed by atoms with van der Waals surface area (Å²) in [5, 5.41) is 0. The molecule has 0 aliphatic rings. The van der Waals surface area contributed by atoms with E-state index in [-0.39, 0.29) is 5.82 Å². The summed E-state index contributed by atoms with van der Waals surface area (Å²) < 4.78 is 4.94. The molecule has 0 saturated carbocycles. The van der Waals surface area contributed by atoms with Crippen molar-refractivity contribution in [3.05, 3.63) is 12.2 Å². The molecule has 0 aliphatic carbocycles. The number of aromatic amines is 1. The molecule has 0 unspecified atom stereocenters. The van der Waals surface area contributed by atoms with E-state index in [1.165, 1.54) is 13.4 Å². The van der Waals surface area contributed by atoms with E-state index in [0.29, 0.717) is 23.3 Å². The highest BCUT2D eigenvalue weighted by molar-refractivity contribution is 5.82. The zero-order chi connectivity index (χ0) is 9.26. The monoisotopic (exact) mass is 178 g/mol. The molecule has 2 heterocycles. The normalized spacial score (nSPS) is 10.2. The fourth-order valence-corrected chi connectivity index (χ4v) is 1.03. The Balaban J connectivity index is 2.74. The topological polar surface area (TPSA) is 80.8 Å². The van der Waals surface area contributed by atoms with Crippen LogP contribution < -0.4 is 4.74 Å². The largest absolute Gasteiger partial charge is 0.479 e. The molecular weight excluding hydrogens is 172 g/mol. The molecule has 2 aromatic rings. The highest BCUT2D eigenvalue weighted by Gasteiger charge is 2.08. The van der Waals surface area contributed by atoms with Gasteiger partial charge in [0.25, 0.3) is 0 Å². The Bertz CT molecular complexity index is 451. The van der Waals surface area contributed by atoms with E-state index in [0.717, 1.165) is 0 Å². The van der Waals surface area contributed by atoms with Crippen LogP contribution in [0, 0.1) is 0 Å². The molecule has 13 heavy (non-hydrogen) atoms. The summed E-state index contributed by atoms with van der Waals surface area (Å²) in [5.41, 5.74) is 0.959. The first-order valence-corrected chi connectivity index (χ1v) is 3.55. The zero-order valence-electron chi connectivity index (χ0n) is 6.81. The second-order valence-electron chi connectivity index (χ2n) is 2.32. The lowest BCUT2D eigenvalue weighted by Gasteiger charge is -1.95. The van der Waals surface area contributed by atoms with Crippen molar-refractivity contribution < 1.29 is 9.53 Å². The van der Waals surface area contributed by atoms with E-state index >= 15 is 0 Å². The van der Waals surface area contributed by atoms with Gasteiger partial charge in [0.05, 0.1) is 7.11 Å². The lowest BCUT2D eigenvalue weighted by atomic mass is 10.5. The van der Waals surface area contributed by atoms with Crippen molar-refractivity contribution in [1.82, 2.24) is 19.9 Å². The third-order valence-corrected chi connectivity index (χ3v) is 1.57. The molecular formula is C7H6N4O2. The van der Waals surface area contributed by atoms with Crippen molar-refractivity contribution in [3.8, 4) is 5.88 Å². The highest BCUT2D eigenvalue weighted by Crippen LogP contribution is 2.17. The average Bonchev–Trinajstić information content (AvgIpc) is 2.59. The number of hydrogen-bond acceptors (Lipinski definition) is 5. The number of H-pyrrole nitrogens is 1. The predicted molar refractivity (Wildman–Crippen MR) is 43.6 cm³/mol. The molecule has 0 amide bonds. The van der Waals surface area contributed by atoms with Crippen molar-refractivity contribution in [1.29, 1.82) is 0 Å². The lowest BCUT2D eigenvalue weighted by molar-refractivity contribution is 0.111. The molecule has 2 aromatic heterocycles. The molecule has 66 valence electrons. The quantitative estimate of drug-likeness (QED) is 0.663. The molecule has 0 radical (unpaired) electrons. The van der Waals surface area contributed by atoms with Gasteiger partial charge in [0.15, 0.2) is 23.3 Å². The third-order valence-electron chi connectivity index (χ3n) is 1.57. The van der Waals surface area contributed by atoms with Crippen LogP contribution in [0.2, 0.25) is 0 Å². The standard InChI is InChI=1S/C7H6N4O2/c1-13-7-5-6(8-3-9-7)11-4(2-12)10-5/h2-3H,1H3,(H,8,9,10,11). The number of imidazole rings is 1. The van der Waals surface area contributed by atoms with E-state index in [9.17, 15) is 4.79 Å². The van der Waals surface area contributed by atoms with Crippen molar-refractivity contribution in [3.63, 3.8) is 0 Å². The molecule has 2 rings (SSSR count). The van der Waals surface area contributed by atoms with Gasteiger partial charge in [-0.1, -0.05) is 0 Å². The van der Waals surface area contributed by atoms with Crippen LogP contribution >= 0.6 is 0 Å². The number of ether oxygens (including phenoxy) is 1. The maximum absolute atomic E-state index is 10.4. The maximum Gasteiger partial charge on any atom is 0.245 e. The Morgan fingerprint density at radius 1 is 1.54 bits per heavy atom. The lowest BCUT2D eigenvalue weighted by Crippen LogP contribution is -1.89. The summed E-state index contributed by atoms with van der Waals surface area (Å²) in [6.45, 7) is 0. The molecule has 0 spiro atoms. The number of hydrogen-bond donors (Lipinski definition) is 1. The van der Waals surface area contributed by atoms with Crippen LogP contribution in [0.4, 0.5) is 0 Å². The zero-order valence-corrected chi connectivity index (χ0v) is 6.81. The molecule has 1 N–H and O–H groups in total. The fraction of sp³-hybridized carbons (Fsp3) is 0.143. The summed E-state index contributed by atoms with van der Waals surface area (Å²) in [7, 11) is 1.48. The summed E-state index contributed by atoms with van der Waals surface area (Å²) in [4.78, 5) is 24.8. The van der Waals surface area contributed by atoms with Gasteiger partial charge in [-0.15, -0.1) is 0 Å². The maximum atomic E-state index is 10.4. The Kier molecular flexibility index (Phi) is 1.66. The first kappa shape index (κ1) is 7.66. The molecule has 0 aliphatic heterocycles. The summed E-state index contributed by atoms with van der Waals surface area (Å²) >= 11 is 0. The van der Waals surface area contributed by atoms with E-state index in [2.05, 4.69) is 19.9 Å². The van der Waals surface area contributed by atoms with Crippen LogP contribution in [0.1, 0.15) is 10.6 Å². The minimum Gasteiger partial charge on any atom is -0.479 e. The Labute approximate surface area is 73.0 Å². The number of methoxy groups -OCH3 is 1. The van der Waals surface area contributed by atoms with E-state index in [4.69, 9.17) is 4.74 Å². The second-order valence-corrected chi connectivity index (χ2v) is 2.32. The van der Waals surface area contributed by atoms with E-state index in [1.807, 2.05) is 0 Å². The Hall–Kier alpha value is -1.98. The van der Waals surface area contributed by atoms with Crippen LogP contribution in [0.15, 0.2) is 6.33 Å². The van der Waals surface area contributed by atoms with Crippen molar-refractivity contribution >= 4 is 17.5 Å². The Morgan fingerprint density at radius 2 is 2.38 bits per heavy atom. The van der Waals surface area contributed by atoms with E-state index < -0.39 is 0 Å².